The molecule has 1 aliphatic rings. The molecule has 0 spiro atoms. The standard InChI is InChI=1S/C24H24N2O4/c1-15(2)13-25-21(27)14-30-24(28)22-18-7-3-4-8-20(18)26-23-16(9-10-19(22)23)12-17-6-5-11-29-17/h3-8,11-12,15H,9-10,13-14H2,1-2H3,(H,25,27)/b16-12+. The van der Waals surface area contributed by atoms with Crippen molar-refractivity contribution in [2.75, 3.05) is 13.2 Å². The number of pyridine rings is 1. The highest BCUT2D eigenvalue weighted by atomic mass is 16.5. The zero-order valence-electron chi connectivity index (χ0n) is 17.1. The number of aromatic nitrogens is 1. The van der Waals surface area contributed by atoms with Crippen LogP contribution < -0.4 is 5.32 Å². The predicted octanol–water partition coefficient (Wildman–Crippen LogP) is 4.24. The van der Waals surface area contributed by atoms with Gasteiger partial charge in [0.1, 0.15) is 5.76 Å². The number of amides is 1. The van der Waals surface area contributed by atoms with Crippen LogP contribution in [-0.2, 0) is 16.0 Å². The summed E-state index contributed by atoms with van der Waals surface area (Å²) in [6.45, 7) is 4.26. The van der Waals surface area contributed by atoms with E-state index in [0.29, 0.717) is 24.4 Å². The molecule has 2 heterocycles. The zero-order valence-corrected chi connectivity index (χ0v) is 17.1. The summed E-state index contributed by atoms with van der Waals surface area (Å²) in [5, 5.41) is 3.50. The molecule has 154 valence electrons. The first-order valence-corrected chi connectivity index (χ1v) is 10.1. The number of hydrogen-bond acceptors (Lipinski definition) is 5. The number of fused-ring (bicyclic) bond motifs is 2. The number of hydrogen-bond donors (Lipinski definition) is 1. The number of furan rings is 1. The van der Waals surface area contributed by atoms with Crippen LogP contribution in [0.3, 0.4) is 0 Å². The van der Waals surface area contributed by atoms with E-state index in [9.17, 15) is 9.59 Å². The lowest BCUT2D eigenvalue weighted by molar-refractivity contribution is -0.124. The highest BCUT2D eigenvalue weighted by Gasteiger charge is 2.28. The molecule has 30 heavy (non-hydrogen) atoms. The Morgan fingerprint density at radius 2 is 2.03 bits per heavy atom. The van der Waals surface area contributed by atoms with Crippen molar-refractivity contribution in [1.29, 1.82) is 0 Å². The number of nitrogens with zero attached hydrogens (tertiary/aromatic N) is 1. The number of benzene rings is 1. The van der Waals surface area contributed by atoms with Gasteiger partial charge in [0.2, 0.25) is 0 Å². The fraction of sp³-hybridized carbons (Fsp3) is 0.292. The van der Waals surface area contributed by atoms with Crippen LogP contribution >= 0.6 is 0 Å². The first kappa shape index (κ1) is 19.9. The minimum Gasteiger partial charge on any atom is -0.465 e. The number of rotatable bonds is 6. The molecule has 0 bridgehead atoms. The molecule has 1 amide bonds. The molecule has 1 N–H and O–H groups in total. The molecule has 1 aliphatic carbocycles. The molecule has 6 heteroatoms. The Morgan fingerprint density at radius 1 is 1.20 bits per heavy atom. The molecule has 4 rings (SSSR count). The minimum absolute atomic E-state index is 0.300. The van der Waals surface area contributed by atoms with Crippen molar-refractivity contribution in [1.82, 2.24) is 10.3 Å². The van der Waals surface area contributed by atoms with E-state index in [-0.39, 0.29) is 12.5 Å². The maximum absolute atomic E-state index is 13.0. The summed E-state index contributed by atoms with van der Waals surface area (Å²) in [6, 6.07) is 11.2. The fourth-order valence-corrected chi connectivity index (χ4v) is 3.63. The number of allylic oxidation sites excluding steroid dienone is 1. The van der Waals surface area contributed by atoms with Crippen molar-refractivity contribution in [2.45, 2.75) is 26.7 Å². The number of carbonyl (C=O) groups is 2. The molecular weight excluding hydrogens is 380 g/mol. The Morgan fingerprint density at radius 3 is 2.80 bits per heavy atom. The van der Waals surface area contributed by atoms with E-state index in [2.05, 4.69) is 5.32 Å². The third-order valence-corrected chi connectivity index (χ3v) is 5.05. The molecule has 0 saturated carbocycles. The van der Waals surface area contributed by atoms with Gasteiger partial charge in [-0.2, -0.15) is 0 Å². The SMILES string of the molecule is CC(C)CNC(=O)COC(=O)c1c2c(nc3ccccc13)/C(=C/c1ccco1)CC2. The van der Waals surface area contributed by atoms with Crippen LogP contribution in [0.15, 0.2) is 47.1 Å². The molecule has 0 fully saturated rings. The molecule has 0 radical (unpaired) electrons. The van der Waals surface area contributed by atoms with Crippen LogP contribution in [0, 0.1) is 5.92 Å². The van der Waals surface area contributed by atoms with Crippen molar-refractivity contribution in [3.05, 3.63) is 65.2 Å². The van der Waals surface area contributed by atoms with Crippen LogP contribution in [0.5, 0.6) is 0 Å². The third kappa shape index (κ3) is 4.13. The van der Waals surface area contributed by atoms with Crippen LogP contribution in [0.25, 0.3) is 22.6 Å². The highest BCUT2D eigenvalue weighted by molar-refractivity contribution is 6.07. The molecule has 0 atom stereocenters. The smallest absolute Gasteiger partial charge is 0.339 e. The van der Waals surface area contributed by atoms with Gasteiger partial charge in [0.15, 0.2) is 6.61 Å². The van der Waals surface area contributed by atoms with Gasteiger partial charge in [-0.25, -0.2) is 9.78 Å². The second kappa shape index (κ2) is 8.53. The number of carbonyl (C=O) groups excluding carboxylic acids is 2. The quantitative estimate of drug-likeness (QED) is 0.622. The summed E-state index contributed by atoms with van der Waals surface area (Å²) in [5.74, 6) is 0.282. The summed E-state index contributed by atoms with van der Waals surface area (Å²) in [5.41, 5.74) is 3.89. The molecule has 6 nitrogen and oxygen atoms in total. The lowest BCUT2D eigenvalue weighted by Gasteiger charge is -2.13. The Labute approximate surface area is 174 Å². The zero-order chi connectivity index (χ0) is 21.1. The molecule has 2 aromatic heterocycles. The van der Waals surface area contributed by atoms with E-state index in [0.717, 1.165) is 39.9 Å². The Kier molecular flexibility index (Phi) is 5.65. The van der Waals surface area contributed by atoms with Crippen LogP contribution in [0.1, 0.15) is 47.6 Å². The number of para-hydroxylation sites is 1. The van der Waals surface area contributed by atoms with E-state index in [1.165, 1.54) is 0 Å². The van der Waals surface area contributed by atoms with Gasteiger partial charge in [-0.05, 0) is 54.2 Å². The topological polar surface area (TPSA) is 81.4 Å². The minimum atomic E-state index is -0.496. The lowest BCUT2D eigenvalue weighted by Crippen LogP contribution is -2.31. The maximum Gasteiger partial charge on any atom is 0.339 e. The number of nitrogens with one attached hydrogen (secondary N) is 1. The van der Waals surface area contributed by atoms with Crippen LogP contribution in [0.4, 0.5) is 0 Å². The van der Waals surface area contributed by atoms with Crippen molar-refractivity contribution in [3.8, 4) is 0 Å². The molecule has 0 saturated heterocycles. The van der Waals surface area contributed by atoms with Gasteiger partial charge in [-0.15, -0.1) is 0 Å². The summed E-state index contributed by atoms with van der Waals surface area (Å²) in [4.78, 5) is 29.8. The number of esters is 1. The first-order chi connectivity index (χ1) is 14.5. The van der Waals surface area contributed by atoms with Crippen LogP contribution in [0.2, 0.25) is 0 Å². The normalized spacial score (nSPS) is 14.3. The predicted molar refractivity (Wildman–Crippen MR) is 115 cm³/mol. The van der Waals surface area contributed by atoms with Gasteiger partial charge >= 0.3 is 5.97 Å². The number of ether oxygens (including phenoxy) is 1. The summed E-state index contributed by atoms with van der Waals surface area (Å²) in [7, 11) is 0. The van der Waals surface area contributed by atoms with Crippen molar-refractivity contribution < 1.29 is 18.7 Å². The molecule has 3 aromatic rings. The monoisotopic (exact) mass is 404 g/mol. The van der Waals surface area contributed by atoms with Crippen molar-refractivity contribution in [2.24, 2.45) is 5.92 Å². The Hall–Kier alpha value is -3.41. The maximum atomic E-state index is 13.0. The molecule has 0 unspecified atom stereocenters. The Balaban J connectivity index is 1.66. The highest BCUT2D eigenvalue weighted by Crippen LogP contribution is 2.37. The van der Waals surface area contributed by atoms with E-state index >= 15 is 0 Å². The van der Waals surface area contributed by atoms with E-state index < -0.39 is 5.97 Å². The summed E-state index contributed by atoms with van der Waals surface area (Å²) < 4.78 is 10.8. The average Bonchev–Trinajstić information content (AvgIpc) is 3.39. The van der Waals surface area contributed by atoms with E-state index in [4.69, 9.17) is 14.1 Å². The van der Waals surface area contributed by atoms with E-state index in [1.54, 1.807) is 6.26 Å². The Bertz CT molecular complexity index is 1110. The largest absolute Gasteiger partial charge is 0.465 e. The third-order valence-electron chi connectivity index (χ3n) is 5.05. The van der Waals surface area contributed by atoms with Gasteiger partial charge in [0.25, 0.3) is 5.91 Å². The first-order valence-electron chi connectivity index (χ1n) is 10.1. The fourth-order valence-electron chi connectivity index (χ4n) is 3.63. The molecule has 0 aliphatic heterocycles. The second-order valence-corrected chi connectivity index (χ2v) is 7.79. The summed E-state index contributed by atoms with van der Waals surface area (Å²) in [6.07, 6.45) is 5.03. The van der Waals surface area contributed by atoms with Gasteiger partial charge < -0.3 is 14.5 Å². The van der Waals surface area contributed by atoms with Gasteiger partial charge in [0.05, 0.1) is 23.0 Å². The second-order valence-electron chi connectivity index (χ2n) is 7.79. The van der Waals surface area contributed by atoms with Gasteiger partial charge in [-0.1, -0.05) is 32.0 Å². The van der Waals surface area contributed by atoms with Crippen molar-refractivity contribution >= 4 is 34.4 Å². The van der Waals surface area contributed by atoms with Gasteiger partial charge in [-0.3, -0.25) is 4.79 Å². The van der Waals surface area contributed by atoms with Crippen LogP contribution in [-0.4, -0.2) is 30.0 Å². The molecule has 1 aromatic carbocycles. The van der Waals surface area contributed by atoms with Crippen molar-refractivity contribution in [3.63, 3.8) is 0 Å². The van der Waals surface area contributed by atoms with E-state index in [1.807, 2.05) is 56.3 Å². The molecular formula is C24H24N2O4. The average molecular weight is 404 g/mol. The summed E-state index contributed by atoms with van der Waals surface area (Å²) >= 11 is 0. The lowest BCUT2D eigenvalue weighted by atomic mass is 10.0. The van der Waals surface area contributed by atoms with Gasteiger partial charge in [0, 0.05) is 11.9 Å².